The molecule has 0 saturated carbocycles. The van der Waals surface area contributed by atoms with Crippen molar-refractivity contribution in [3.8, 4) is 11.3 Å². The summed E-state index contributed by atoms with van der Waals surface area (Å²) in [6.07, 6.45) is 3.80. The molecular formula is C14H9F2N2+. The molecule has 0 amide bonds. The summed E-state index contributed by atoms with van der Waals surface area (Å²) >= 11 is 0. The van der Waals surface area contributed by atoms with Crippen LogP contribution in [0.4, 0.5) is 8.78 Å². The second-order valence-corrected chi connectivity index (χ2v) is 4.49. The van der Waals surface area contributed by atoms with Gasteiger partial charge in [-0.25, -0.2) is 17.7 Å². The van der Waals surface area contributed by atoms with E-state index in [1.807, 2.05) is 39.6 Å². The maximum Gasteiger partial charge on any atom is 0.286 e. The van der Waals surface area contributed by atoms with Gasteiger partial charge < -0.3 is 0 Å². The van der Waals surface area contributed by atoms with E-state index in [0.29, 0.717) is 17.7 Å². The molecule has 2 nitrogen and oxygen atoms in total. The van der Waals surface area contributed by atoms with Crippen LogP contribution in [0.3, 0.4) is 0 Å². The number of aromatic nitrogens is 2. The van der Waals surface area contributed by atoms with Crippen molar-refractivity contribution < 1.29 is 13.2 Å². The number of fused-ring (bicyclic) bond motifs is 5. The zero-order chi connectivity index (χ0) is 12.3. The van der Waals surface area contributed by atoms with E-state index in [9.17, 15) is 8.78 Å². The molecule has 3 heterocycles. The first-order chi connectivity index (χ1) is 8.74. The van der Waals surface area contributed by atoms with Crippen LogP contribution in [0.2, 0.25) is 0 Å². The van der Waals surface area contributed by atoms with Crippen LogP contribution < -0.4 is 4.40 Å². The maximum atomic E-state index is 13.9. The summed E-state index contributed by atoms with van der Waals surface area (Å²) in [4.78, 5) is 0. The van der Waals surface area contributed by atoms with Gasteiger partial charge in [0, 0.05) is 17.7 Å². The lowest BCUT2D eigenvalue weighted by Gasteiger charge is -1.98. The van der Waals surface area contributed by atoms with Crippen molar-refractivity contribution >= 4 is 5.65 Å². The zero-order valence-corrected chi connectivity index (χ0v) is 9.40. The number of hydrogen-bond donors (Lipinski definition) is 0. The molecule has 0 aliphatic carbocycles. The van der Waals surface area contributed by atoms with Crippen LogP contribution in [0.25, 0.3) is 16.9 Å². The van der Waals surface area contributed by atoms with Gasteiger partial charge in [0.1, 0.15) is 24.4 Å². The summed E-state index contributed by atoms with van der Waals surface area (Å²) in [6.45, 7) is 0.514. The number of imidazole rings is 1. The number of halogens is 2. The summed E-state index contributed by atoms with van der Waals surface area (Å²) in [5.41, 5.74) is 2.99. The number of rotatable bonds is 0. The molecule has 0 bridgehead atoms. The average molecular weight is 243 g/mol. The highest BCUT2D eigenvalue weighted by Gasteiger charge is 2.31. The van der Waals surface area contributed by atoms with Gasteiger partial charge in [-0.05, 0) is 12.1 Å². The monoisotopic (exact) mass is 243 g/mol. The minimum atomic E-state index is -0.519. The van der Waals surface area contributed by atoms with Crippen molar-refractivity contribution in [2.24, 2.45) is 0 Å². The molecule has 4 heteroatoms. The highest BCUT2D eigenvalue weighted by molar-refractivity contribution is 5.70. The third-order valence-corrected chi connectivity index (χ3v) is 3.42. The number of nitrogens with zero attached hydrogens (tertiary/aromatic N) is 2. The molecule has 2 aromatic heterocycles. The summed E-state index contributed by atoms with van der Waals surface area (Å²) in [6, 6.07) is 8.17. The molecule has 0 radical (unpaired) electrons. The van der Waals surface area contributed by atoms with Crippen molar-refractivity contribution in [3.63, 3.8) is 0 Å². The van der Waals surface area contributed by atoms with Crippen molar-refractivity contribution in [1.29, 1.82) is 0 Å². The largest absolute Gasteiger partial charge is 0.286 e. The predicted octanol–water partition coefficient (Wildman–Crippen LogP) is 2.53. The smallest absolute Gasteiger partial charge is 0.219 e. The Bertz CT molecular complexity index is 790. The van der Waals surface area contributed by atoms with Gasteiger partial charge >= 0.3 is 0 Å². The van der Waals surface area contributed by atoms with Crippen molar-refractivity contribution in [1.82, 2.24) is 4.57 Å². The first-order valence-electron chi connectivity index (χ1n) is 5.72. The van der Waals surface area contributed by atoms with Gasteiger partial charge in [-0.1, -0.05) is 6.07 Å². The van der Waals surface area contributed by atoms with E-state index in [-0.39, 0.29) is 0 Å². The van der Waals surface area contributed by atoms with Gasteiger partial charge in [-0.15, -0.1) is 0 Å². The second kappa shape index (κ2) is 3.16. The average Bonchev–Trinajstić information content (AvgIpc) is 2.83. The lowest BCUT2D eigenvalue weighted by atomic mass is 10.1. The SMILES string of the molecule is Fc1cc(F)c2c(c1)Cn1c-2c[n+]2ccccc12. The summed E-state index contributed by atoms with van der Waals surface area (Å²) in [5, 5.41) is 0. The van der Waals surface area contributed by atoms with E-state index in [1.54, 1.807) is 0 Å². The fraction of sp³-hybridized carbons (Fsp3) is 0.0714. The molecule has 1 aliphatic rings. The van der Waals surface area contributed by atoms with E-state index in [2.05, 4.69) is 0 Å². The van der Waals surface area contributed by atoms with Gasteiger partial charge in [0.05, 0.1) is 11.8 Å². The first-order valence-corrected chi connectivity index (χ1v) is 5.72. The molecule has 1 aliphatic heterocycles. The fourth-order valence-corrected chi connectivity index (χ4v) is 2.68. The van der Waals surface area contributed by atoms with Crippen LogP contribution in [0, 0.1) is 11.6 Å². The quantitative estimate of drug-likeness (QED) is 0.420. The summed E-state index contributed by atoms with van der Waals surface area (Å²) in [5.74, 6) is -1.01. The molecule has 18 heavy (non-hydrogen) atoms. The van der Waals surface area contributed by atoms with Crippen LogP contribution in [-0.4, -0.2) is 4.57 Å². The van der Waals surface area contributed by atoms with Crippen molar-refractivity contribution in [2.45, 2.75) is 6.54 Å². The standard InChI is InChI=1S/C14H9F2N2/c15-10-5-9-7-18-12(14(9)11(16)6-10)8-17-4-2-1-3-13(17)18/h1-6,8H,7H2/q+1. The molecule has 4 rings (SSSR count). The minimum Gasteiger partial charge on any atom is -0.219 e. The van der Waals surface area contributed by atoms with Crippen LogP contribution in [0.1, 0.15) is 5.56 Å². The molecule has 1 aromatic carbocycles. The van der Waals surface area contributed by atoms with Gasteiger partial charge in [0.2, 0.25) is 0 Å². The maximum absolute atomic E-state index is 13.9. The molecule has 0 N–H and O–H groups in total. The Labute approximate surface area is 102 Å². The normalized spacial score (nSPS) is 12.8. The highest BCUT2D eigenvalue weighted by Crippen LogP contribution is 2.35. The summed E-state index contributed by atoms with van der Waals surface area (Å²) < 4.78 is 31.0. The van der Waals surface area contributed by atoms with Crippen molar-refractivity contribution in [3.05, 3.63) is 59.9 Å². The molecular weight excluding hydrogens is 234 g/mol. The molecule has 0 saturated heterocycles. The van der Waals surface area contributed by atoms with Gasteiger partial charge in [-0.2, -0.15) is 0 Å². The van der Waals surface area contributed by atoms with Crippen molar-refractivity contribution in [2.75, 3.05) is 0 Å². The lowest BCUT2D eigenvalue weighted by molar-refractivity contribution is -0.510. The van der Waals surface area contributed by atoms with Gasteiger partial charge in [-0.3, -0.25) is 0 Å². The summed E-state index contributed by atoms with van der Waals surface area (Å²) in [7, 11) is 0. The Morgan fingerprint density at radius 1 is 1.17 bits per heavy atom. The van der Waals surface area contributed by atoms with Gasteiger partial charge in [0.15, 0.2) is 5.69 Å². The van der Waals surface area contributed by atoms with E-state index >= 15 is 0 Å². The minimum absolute atomic E-state index is 0.493. The first kappa shape index (κ1) is 9.76. The molecule has 0 spiro atoms. The number of benzene rings is 1. The van der Waals surface area contributed by atoms with Crippen LogP contribution in [0.15, 0.2) is 42.7 Å². The third-order valence-electron chi connectivity index (χ3n) is 3.42. The molecule has 0 fully saturated rings. The topological polar surface area (TPSA) is 9.03 Å². The number of pyridine rings is 1. The molecule has 0 unspecified atom stereocenters. The van der Waals surface area contributed by atoms with E-state index in [0.717, 1.165) is 17.4 Å². The lowest BCUT2D eigenvalue weighted by Crippen LogP contribution is -2.18. The third kappa shape index (κ3) is 1.12. The van der Waals surface area contributed by atoms with Crippen LogP contribution >= 0.6 is 0 Å². The Morgan fingerprint density at radius 3 is 2.94 bits per heavy atom. The van der Waals surface area contributed by atoms with Crippen LogP contribution in [0.5, 0.6) is 0 Å². The molecule has 3 aromatic rings. The Balaban J connectivity index is 2.09. The fourth-order valence-electron chi connectivity index (χ4n) is 2.68. The Morgan fingerprint density at radius 2 is 2.06 bits per heavy atom. The predicted molar refractivity (Wildman–Crippen MR) is 62.0 cm³/mol. The van der Waals surface area contributed by atoms with E-state index in [4.69, 9.17) is 0 Å². The zero-order valence-electron chi connectivity index (χ0n) is 9.40. The molecule has 0 atom stereocenters. The van der Waals surface area contributed by atoms with Crippen LogP contribution in [-0.2, 0) is 6.54 Å². The molecule has 88 valence electrons. The second-order valence-electron chi connectivity index (χ2n) is 4.49. The van der Waals surface area contributed by atoms with E-state index < -0.39 is 11.6 Å². The van der Waals surface area contributed by atoms with Gasteiger partial charge in [0.25, 0.3) is 5.65 Å². The highest BCUT2D eigenvalue weighted by atomic mass is 19.1. The number of hydrogen-bond acceptors (Lipinski definition) is 0. The Kier molecular flexibility index (Phi) is 1.71. The Hall–Kier alpha value is -2.23. The van der Waals surface area contributed by atoms with E-state index in [1.165, 1.54) is 6.07 Å².